The number of hydrogen-bond donors (Lipinski definition) is 1. The molecule has 0 aromatic heterocycles. The second-order valence-electron chi connectivity index (χ2n) is 7.07. The summed E-state index contributed by atoms with van der Waals surface area (Å²) in [5, 5.41) is -0.573. The predicted octanol–water partition coefficient (Wildman–Crippen LogP) is 3.83. The smallest absolute Gasteiger partial charge is 0.0875 e. The Kier molecular flexibility index (Phi) is 4.75. The van der Waals surface area contributed by atoms with E-state index < -0.39 is 10.9 Å². The van der Waals surface area contributed by atoms with Gasteiger partial charge in [0.05, 0.1) is 13.4 Å². The summed E-state index contributed by atoms with van der Waals surface area (Å²) in [6, 6.07) is 0. The Morgan fingerprint density at radius 1 is 1.05 bits per heavy atom. The van der Waals surface area contributed by atoms with E-state index in [1.54, 1.807) is 0 Å². The second-order valence-corrected chi connectivity index (χ2v) is 7.07. The Labute approximate surface area is 126 Å². The second kappa shape index (κ2) is 5.52. The fraction of sp³-hybridized carbons (Fsp3) is 0.706. The third-order valence-corrected chi connectivity index (χ3v) is 4.96. The molecular formula is C17H29BN2. The molecule has 3 heteroatoms. The summed E-state index contributed by atoms with van der Waals surface area (Å²) in [6.07, 6.45) is 12.1. The van der Waals surface area contributed by atoms with Gasteiger partial charge in [0.2, 0.25) is 0 Å². The van der Waals surface area contributed by atoms with Crippen LogP contribution in [0.4, 0.5) is 0 Å². The third-order valence-electron chi connectivity index (χ3n) is 4.96. The van der Waals surface area contributed by atoms with Crippen LogP contribution in [0.25, 0.3) is 0 Å². The SMILES string of the molecule is [B]C1(C)C=CC(C)(N)C=CC(C)(C(C)(CC)CC)N=C1. The summed E-state index contributed by atoms with van der Waals surface area (Å²) in [4.78, 5) is 4.86. The highest BCUT2D eigenvalue weighted by Gasteiger charge is 2.40. The lowest BCUT2D eigenvalue weighted by atomic mass is 9.67. The maximum absolute atomic E-state index is 6.30. The van der Waals surface area contributed by atoms with Crippen LogP contribution in [0.1, 0.15) is 54.4 Å². The zero-order valence-corrected chi connectivity index (χ0v) is 13.9. The largest absolute Gasteiger partial charge is 0.319 e. The van der Waals surface area contributed by atoms with Gasteiger partial charge in [-0.2, -0.15) is 0 Å². The number of allylic oxidation sites excluding steroid dienone is 1. The maximum Gasteiger partial charge on any atom is 0.0875 e. The minimum absolute atomic E-state index is 0.0799. The molecule has 1 aliphatic rings. The van der Waals surface area contributed by atoms with Crippen LogP contribution in [0.5, 0.6) is 0 Å². The molecule has 0 aliphatic carbocycles. The first-order valence-corrected chi connectivity index (χ1v) is 7.54. The molecule has 0 spiro atoms. The van der Waals surface area contributed by atoms with Crippen molar-refractivity contribution in [1.82, 2.24) is 0 Å². The lowest BCUT2D eigenvalue weighted by molar-refractivity contribution is 0.187. The Bertz CT molecular complexity index is 398. The van der Waals surface area contributed by atoms with Gasteiger partial charge in [-0.15, -0.1) is 0 Å². The van der Waals surface area contributed by atoms with E-state index in [-0.39, 0.29) is 11.0 Å². The highest BCUT2D eigenvalue weighted by atomic mass is 14.9. The van der Waals surface area contributed by atoms with E-state index in [0.29, 0.717) is 0 Å². The van der Waals surface area contributed by atoms with Gasteiger partial charge in [0.1, 0.15) is 0 Å². The van der Waals surface area contributed by atoms with Gasteiger partial charge in [0.25, 0.3) is 0 Å². The molecule has 2 nitrogen and oxygen atoms in total. The molecule has 20 heavy (non-hydrogen) atoms. The molecule has 0 saturated heterocycles. The maximum atomic E-state index is 6.30. The minimum atomic E-state index is -0.573. The van der Waals surface area contributed by atoms with Crippen LogP contribution < -0.4 is 5.73 Å². The van der Waals surface area contributed by atoms with Gasteiger partial charge in [-0.05, 0) is 37.4 Å². The molecule has 2 N–H and O–H groups in total. The zero-order valence-electron chi connectivity index (χ0n) is 13.9. The van der Waals surface area contributed by atoms with E-state index in [9.17, 15) is 0 Å². The van der Waals surface area contributed by atoms with Crippen molar-refractivity contribution >= 4 is 14.1 Å². The first-order valence-electron chi connectivity index (χ1n) is 7.54. The van der Waals surface area contributed by atoms with Gasteiger partial charge in [-0.3, -0.25) is 4.99 Å². The van der Waals surface area contributed by atoms with Crippen LogP contribution in [0.3, 0.4) is 0 Å². The summed E-state index contributed by atoms with van der Waals surface area (Å²) in [5.74, 6) is 0. The topological polar surface area (TPSA) is 38.4 Å². The number of aliphatic imine (C=N–C) groups is 1. The molecule has 3 atom stereocenters. The van der Waals surface area contributed by atoms with E-state index >= 15 is 0 Å². The van der Waals surface area contributed by atoms with Crippen LogP contribution in [-0.4, -0.2) is 25.1 Å². The molecule has 0 saturated carbocycles. The third kappa shape index (κ3) is 3.63. The van der Waals surface area contributed by atoms with Gasteiger partial charge in [0.15, 0.2) is 0 Å². The molecule has 0 aromatic rings. The minimum Gasteiger partial charge on any atom is -0.319 e. The van der Waals surface area contributed by atoms with E-state index in [2.05, 4.69) is 33.8 Å². The fourth-order valence-corrected chi connectivity index (χ4v) is 2.44. The zero-order chi connectivity index (χ0) is 15.7. The average molecular weight is 272 g/mol. The molecule has 1 rings (SSSR count). The Morgan fingerprint density at radius 3 is 2.05 bits per heavy atom. The van der Waals surface area contributed by atoms with Crippen LogP contribution in [0, 0.1) is 5.41 Å². The molecule has 0 bridgehead atoms. The van der Waals surface area contributed by atoms with Gasteiger partial charge < -0.3 is 5.73 Å². The van der Waals surface area contributed by atoms with Gasteiger partial charge in [-0.25, -0.2) is 0 Å². The summed E-state index contributed by atoms with van der Waals surface area (Å²) in [7, 11) is 6.27. The van der Waals surface area contributed by atoms with Crippen molar-refractivity contribution in [2.75, 3.05) is 0 Å². The highest BCUT2D eigenvalue weighted by Crippen LogP contribution is 2.43. The van der Waals surface area contributed by atoms with Crippen molar-refractivity contribution in [2.24, 2.45) is 16.1 Å². The van der Waals surface area contributed by atoms with E-state index in [1.165, 1.54) is 0 Å². The fourth-order valence-electron chi connectivity index (χ4n) is 2.44. The Hall–Kier alpha value is -0.825. The summed E-state index contributed by atoms with van der Waals surface area (Å²) >= 11 is 0. The molecule has 110 valence electrons. The number of rotatable bonds is 3. The van der Waals surface area contributed by atoms with Crippen molar-refractivity contribution < 1.29 is 0 Å². The van der Waals surface area contributed by atoms with Crippen molar-refractivity contribution in [3.05, 3.63) is 24.3 Å². The van der Waals surface area contributed by atoms with Crippen molar-refractivity contribution in [3.8, 4) is 0 Å². The highest BCUT2D eigenvalue weighted by molar-refractivity contribution is 6.26. The lowest BCUT2D eigenvalue weighted by Gasteiger charge is -2.42. The lowest BCUT2D eigenvalue weighted by Crippen LogP contribution is -2.41. The number of nitrogens with zero attached hydrogens (tertiary/aromatic N) is 1. The van der Waals surface area contributed by atoms with Gasteiger partial charge in [0, 0.05) is 11.8 Å². The van der Waals surface area contributed by atoms with Gasteiger partial charge >= 0.3 is 0 Å². The normalized spacial score (nSPS) is 38.4. The van der Waals surface area contributed by atoms with E-state index in [4.69, 9.17) is 18.6 Å². The Morgan fingerprint density at radius 2 is 1.55 bits per heavy atom. The molecule has 0 amide bonds. The first kappa shape index (κ1) is 17.2. The monoisotopic (exact) mass is 272 g/mol. The molecule has 2 radical (unpaired) electrons. The van der Waals surface area contributed by atoms with Crippen molar-refractivity contribution in [2.45, 2.75) is 70.8 Å². The molecular weight excluding hydrogens is 243 g/mol. The van der Waals surface area contributed by atoms with E-state index in [1.807, 2.05) is 38.3 Å². The van der Waals surface area contributed by atoms with Crippen LogP contribution >= 0.6 is 0 Å². The molecule has 0 aromatic carbocycles. The first-order chi connectivity index (χ1) is 8.99. The van der Waals surface area contributed by atoms with Crippen LogP contribution in [-0.2, 0) is 0 Å². The summed E-state index contributed by atoms with van der Waals surface area (Å²) in [6.45, 7) is 12.8. The van der Waals surface area contributed by atoms with Crippen molar-refractivity contribution in [3.63, 3.8) is 0 Å². The average Bonchev–Trinajstić information content (AvgIpc) is 2.43. The molecule has 0 fully saturated rings. The van der Waals surface area contributed by atoms with Crippen LogP contribution in [0.15, 0.2) is 29.3 Å². The Balaban J connectivity index is 3.39. The summed E-state index contributed by atoms with van der Waals surface area (Å²) in [5.41, 5.74) is 5.58. The molecule has 1 heterocycles. The van der Waals surface area contributed by atoms with Crippen LogP contribution in [0.2, 0.25) is 5.31 Å². The predicted molar refractivity (Wildman–Crippen MR) is 90.6 cm³/mol. The standard InChI is InChI=1S/C17H29BN2/c1-7-14(3,8-2)17(6)12-11-16(5,19)10-9-15(4,18)13-20-17/h9-13H,7-8,19H2,1-6H3. The number of nitrogens with two attached hydrogens (primary N) is 1. The quantitative estimate of drug-likeness (QED) is 0.615. The van der Waals surface area contributed by atoms with Gasteiger partial charge in [-0.1, -0.05) is 52.0 Å². The molecule has 3 unspecified atom stereocenters. The van der Waals surface area contributed by atoms with E-state index in [0.717, 1.165) is 12.8 Å². The van der Waals surface area contributed by atoms with Crippen molar-refractivity contribution in [1.29, 1.82) is 0 Å². The number of hydrogen-bond acceptors (Lipinski definition) is 2. The summed E-state index contributed by atoms with van der Waals surface area (Å²) < 4.78 is 0. The molecule has 1 aliphatic heterocycles.